The molecule has 2 rings (SSSR count). The maximum Gasteiger partial charge on any atom is 0.220 e. The zero-order valence-corrected chi connectivity index (χ0v) is 62.9. The molecule has 9 N–H and O–H groups in total. The fraction of sp³-hybridized carbons (Fsp3) is 0.916. The van der Waals surface area contributed by atoms with Gasteiger partial charge in [0.2, 0.25) is 5.91 Å². The van der Waals surface area contributed by atoms with Crippen LogP contribution in [-0.4, -0.2) is 140 Å². The first kappa shape index (κ1) is 91.3. The molecule has 12 unspecified atom stereocenters. The molecule has 0 aromatic carbocycles. The van der Waals surface area contributed by atoms with E-state index in [1.54, 1.807) is 0 Å². The molecular formula is C83H157NO13. The van der Waals surface area contributed by atoms with Crippen LogP contribution in [0.4, 0.5) is 0 Å². The predicted octanol–water partition coefficient (Wildman–Crippen LogP) is 19.2. The average Bonchev–Trinajstić information content (AvgIpc) is 0.793. The van der Waals surface area contributed by atoms with Gasteiger partial charge in [-0.2, -0.15) is 0 Å². The van der Waals surface area contributed by atoms with Crippen molar-refractivity contribution in [2.45, 2.75) is 466 Å². The monoisotopic (exact) mass is 1380 g/mol. The van der Waals surface area contributed by atoms with Gasteiger partial charge in [-0.05, 0) is 51.4 Å². The molecule has 0 spiro atoms. The number of aliphatic hydroxyl groups is 8. The van der Waals surface area contributed by atoms with Gasteiger partial charge >= 0.3 is 0 Å². The van der Waals surface area contributed by atoms with Crippen molar-refractivity contribution in [2.24, 2.45) is 0 Å². The zero-order valence-electron chi connectivity index (χ0n) is 62.9. The van der Waals surface area contributed by atoms with Crippen molar-refractivity contribution in [3.63, 3.8) is 0 Å². The summed E-state index contributed by atoms with van der Waals surface area (Å²) in [5, 5.41) is 87.9. The van der Waals surface area contributed by atoms with Gasteiger partial charge in [0.15, 0.2) is 12.6 Å². The van der Waals surface area contributed by atoms with Crippen LogP contribution < -0.4 is 5.32 Å². The van der Waals surface area contributed by atoms with Crippen molar-refractivity contribution in [3.05, 3.63) is 36.5 Å². The predicted molar refractivity (Wildman–Crippen MR) is 401 cm³/mol. The van der Waals surface area contributed by atoms with Gasteiger partial charge in [-0.25, -0.2) is 0 Å². The van der Waals surface area contributed by atoms with Crippen molar-refractivity contribution in [1.29, 1.82) is 0 Å². The lowest BCUT2D eigenvalue weighted by Gasteiger charge is -2.46. The van der Waals surface area contributed by atoms with Gasteiger partial charge in [-0.15, -0.1) is 0 Å². The van der Waals surface area contributed by atoms with Crippen LogP contribution in [-0.2, 0) is 23.7 Å². The maximum absolute atomic E-state index is 13.4. The van der Waals surface area contributed by atoms with Crippen molar-refractivity contribution >= 4 is 5.91 Å². The summed E-state index contributed by atoms with van der Waals surface area (Å²) < 4.78 is 23.0. The first-order chi connectivity index (χ1) is 47.6. The first-order valence-corrected chi connectivity index (χ1v) is 41.7. The van der Waals surface area contributed by atoms with Gasteiger partial charge in [0.1, 0.15) is 48.8 Å². The van der Waals surface area contributed by atoms with E-state index in [4.69, 9.17) is 18.9 Å². The molecule has 572 valence electrons. The molecule has 97 heavy (non-hydrogen) atoms. The van der Waals surface area contributed by atoms with E-state index < -0.39 is 86.8 Å². The highest BCUT2D eigenvalue weighted by atomic mass is 16.7. The molecule has 2 saturated heterocycles. The summed E-state index contributed by atoms with van der Waals surface area (Å²) in [6.07, 6.45) is 71.9. The van der Waals surface area contributed by atoms with E-state index in [1.165, 1.54) is 302 Å². The third kappa shape index (κ3) is 50.3. The molecule has 1 amide bonds. The number of hydrogen-bond acceptors (Lipinski definition) is 13. The lowest BCUT2D eigenvalue weighted by atomic mass is 9.97. The van der Waals surface area contributed by atoms with Crippen LogP contribution in [0.1, 0.15) is 393 Å². The number of amides is 1. The highest BCUT2D eigenvalue weighted by molar-refractivity contribution is 5.76. The van der Waals surface area contributed by atoms with E-state index >= 15 is 0 Å². The minimum atomic E-state index is -1.78. The molecule has 14 nitrogen and oxygen atoms in total. The minimum Gasteiger partial charge on any atom is -0.394 e. The smallest absolute Gasteiger partial charge is 0.220 e. The lowest BCUT2D eigenvalue weighted by Crippen LogP contribution is -2.65. The summed E-state index contributed by atoms with van der Waals surface area (Å²) >= 11 is 0. The van der Waals surface area contributed by atoms with Crippen molar-refractivity contribution in [2.75, 3.05) is 19.8 Å². The first-order valence-electron chi connectivity index (χ1n) is 41.7. The molecule has 0 aromatic heterocycles. The van der Waals surface area contributed by atoms with Gasteiger partial charge in [0.05, 0.1) is 32.0 Å². The van der Waals surface area contributed by atoms with E-state index in [0.717, 1.165) is 64.2 Å². The normalized spacial score (nSPS) is 22.2. The molecule has 12 atom stereocenters. The number of nitrogens with one attached hydrogen (secondary N) is 1. The molecule has 0 radical (unpaired) electrons. The van der Waals surface area contributed by atoms with Crippen LogP contribution in [0.2, 0.25) is 0 Å². The van der Waals surface area contributed by atoms with Gasteiger partial charge in [0, 0.05) is 6.42 Å². The summed E-state index contributed by atoms with van der Waals surface area (Å²) in [5.41, 5.74) is 0. The maximum atomic E-state index is 13.4. The Morgan fingerprint density at radius 2 is 0.680 bits per heavy atom. The minimum absolute atomic E-state index is 0.198. The molecule has 0 aliphatic carbocycles. The summed E-state index contributed by atoms with van der Waals surface area (Å²) in [4.78, 5) is 13.4. The Labute approximate surface area is 595 Å². The van der Waals surface area contributed by atoms with Crippen LogP contribution in [0.3, 0.4) is 0 Å². The molecule has 2 aliphatic heterocycles. The SMILES string of the molecule is CCCCCCC/C=C\C/C=C\C/C=C\CCCCCCCCCCCCCCCCCCCCCCC(=O)NC(COC1OC(CO)C(OC2OC(CO)C(O)C(O)C2O)C(O)C1O)C(O)CCCCCCCCCCCCCCCCCCCCCCCCCCCCCC. The molecular weight excluding hydrogens is 1220 g/mol. The number of rotatable bonds is 71. The van der Waals surface area contributed by atoms with Crippen LogP contribution in [0.15, 0.2) is 36.5 Å². The number of ether oxygens (including phenoxy) is 4. The van der Waals surface area contributed by atoms with Crippen molar-refractivity contribution in [3.8, 4) is 0 Å². The topological polar surface area (TPSA) is 228 Å². The molecule has 2 heterocycles. The average molecular weight is 1380 g/mol. The lowest BCUT2D eigenvalue weighted by molar-refractivity contribution is -0.359. The van der Waals surface area contributed by atoms with Gasteiger partial charge in [-0.3, -0.25) is 4.79 Å². The van der Waals surface area contributed by atoms with Crippen molar-refractivity contribution in [1.82, 2.24) is 5.32 Å². The third-order valence-corrected chi connectivity index (χ3v) is 20.6. The summed E-state index contributed by atoms with van der Waals surface area (Å²) in [6, 6.07) is -0.829. The van der Waals surface area contributed by atoms with Gasteiger partial charge in [-0.1, -0.05) is 371 Å². The molecule has 0 saturated carbocycles. The summed E-state index contributed by atoms with van der Waals surface area (Å²) in [5.74, 6) is -0.198. The molecule has 14 heteroatoms. The fourth-order valence-corrected chi connectivity index (χ4v) is 14.0. The Balaban J connectivity index is 1.58. The van der Waals surface area contributed by atoms with Crippen LogP contribution in [0, 0.1) is 0 Å². The number of aliphatic hydroxyl groups excluding tert-OH is 8. The van der Waals surface area contributed by atoms with E-state index in [9.17, 15) is 45.6 Å². The second-order valence-electron chi connectivity index (χ2n) is 29.6. The Kier molecular flexibility index (Phi) is 63.4. The molecule has 2 fully saturated rings. The largest absolute Gasteiger partial charge is 0.394 e. The number of carbonyl (C=O) groups is 1. The summed E-state index contributed by atoms with van der Waals surface area (Å²) in [6.45, 7) is 2.92. The van der Waals surface area contributed by atoms with E-state index in [2.05, 4.69) is 55.6 Å². The van der Waals surface area contributed by atoms with E-state index in [-0.39, 0.29) is 12.5 Å². The number of unbranched alkanes of at least 4 members (excludes halogenated alkanes) is 52. The quantitative estimate of drug-likeness (QED) is 0.0204. The van der Waals surface area contributed by atoms with E-state index in [1.807, 2.05) is 0 Å². The molecule has 0 bridgehead atoms. The van der Waals surface area contributed by atoms with Gasteiger partial charge in [0.25, 0.3) is 0 Å². The molecule has 2 aliphatic rings. The van der Waals surface area contributed by atoms with Crippen LogP contribution in [0.5, 0.6) is 0 Å². The van der Waals surface area contributed by atoms with Crippen LogP contribution in [0.25, 0.3) is 0 Å². The standard InChI is InChI=1S/C83H157NO13/c1-3-5-7-9-11-13-15-17-19-21-23-25-27-29-31-33-34-35-36-37-38-39-41-43-45-47-49-51-53-55-57-59-61-63-65-67-75(88)84-71(70-94-82-80(93)78(91)81(74(69-86)96-82)97-83-79(92)77(90)76(89)73(68-85)95-83)72(87)66-64-62-60-58-56-54-52-50-48-46-44-42-40-32-30-28-26-24-22-20-18-16-14-12-10-8-6-4-2/h15,17,21,23,27,29,71-74,76-83,85-87,89-93H,3-14,16,18-20,22,24-26,28,30-70H2,1-2H3,(H,84,88)/b17-15-,23-21-,29-27-. The second kappa shape index (κ2) is 67.4. The van der Waals surface area contributed by atoms with E-state index in [0.29, 0.717) is 12.8 Å². The second-order valence-corrected chi connectivity index (χ2v) is 29.6. The Hall–Kier alpha value is -1.79. The number of hydrogen-bond donors (Lipinski definition) is 9. The van der Waals surface area contributed by atoms with Crippen molar-refractivity contribution < 1.29 is 64.6 Å². The third-order valence-electron chi connectivity index (χ3n) is 20.6. The Morgan fingerprint density at radius 3 is 1.04 bits per heavy atom. The number of allylic oxidation sites excluding steroid dienone is 6. The summed E-state index contributed by atoms with van der Waals surface area (Å²) in [7, 11) is 0. The highest BCUT2D eigenvalue weighted by Gasteiger charge is 2.51. The highest BCUT2D eigenvalue weighted by Crippen LogP contribution is 2.31. The Bertz CT molecular complexity index is 1770. The zero-order chi connectivity index (χ0) is 70.1. The Morgan fingerprint density at radius 1 is 0.371 bits per heavy atom. The molecule has 0 aromatic rings. The van der Waals surface area contributed by atoms with Gasteiger partial charge < -0.3 is 65.1 Å². The fourth-order valence-electron chi connectivity index (χ4n) is 14.0. The number of carbonyl (C=O) groups excluding carboxylic acids is 1. The van der Waals surface area contributed by atoms with Crippen LogP contribution >= 0.6 is 0 Å².